The van der Waals surface area contributed by atoms with Crippen LogP contribution in [0.5, 0.6) is 0 Å². The molecule has 0 saturated carbocycles. The Hall–Kier alpha value is -2.97. The number of carboxylic acids is 1. The smallest absolute Gasteiger partial charge is 0.338 e. The third kappa shape index (κ3) is 2.55. The summed E-state index contributed by atoms with van der Waals surface area (Å²) < 4.78 is 15.0. The predicted octanol–water partition coefficient (Wildman–Crippen LogP) is 1.91. The molecule has 2 aromatic rings. The van der Waals surface area contributed by atoms with E-state index in [2.05, 4.69) is 10.4 Å². The molecule has 1 aromatic carbocycles. The average Bonchev–Trinajstić information content (AvgIpc) is 2.74. The lowest BCUT2D eigenvalue weighted by atomic mass is 10.1. The third-order valence-electron chi connectivity index (χ3n) is 2.50. The highest BCUT2D eigenvalue weighted by molar-refractivity contribution is 5.90. The second-order valence-corrected chi connectivity index (χ2v) is 3.94. The molecular formula is C11H9FN4O4. The molecular weight excluding hydrogens is 271 g/mol. The van der Waals surface area contributed by atoms with E-state index in [-0.39, 0.29) is 5.69 Å². The Kier molecular flexibility index (Phi) is 3.34. The van der Waals surface area contributed by atoms with Crippen LogP contribution in [0.1, 0.15) is 10.4 Å². The number of nitro benzene ring substituents is 1. The molecule has 0 unspecified atom stereocenters. The topological polar surface area (TPSA) is 110 Å². The summed E-state index contributed by atoms with van der Waals surface area (Å²) in [5.41, 5.74) is -1.02. The number of benzene rings is 1. The highest BCUT2D eigenvalue weighted by Crippen LogP contribution is 2.30. The van der Waals surface area contributed by atoms with Crippen LogP contribution in [-0.4, -0.2) is 25.8 Å². The van der Waals surface area contributed by atoms with E-state index >= 15 is 0 Å². The number of anilines is 2. The van der Waals surface area contributed by atoms with Crippen molar-refractivity contribution in [3.05, 3.63) is 46.0 Å². The summed E-state index contributed by atoms with van der Waals surface area (Å²) in [6.45, 7) is 0. The molecule has 0 aliphatic carbocycles. The van der Waals surface area contributed by atoms with Crippen molar-refractivity contribution in [3.63, 3.8) is 0 Å². The number of carboxylic acid groups (broad SMARTS) is 1. The second kappa shape index (κ2) is 4.96. The molecule has 0 atom stereocenters. The molecule has 0 aliphatic rings. The van der Waals surface area contributed by atoms with Gasteiger partial charge in [0.25, 0.3) is 5.69 Å². The molecule has 1 heterocycles. The zero-order chi connectivity index (χ0) is 14.9. The molecule has 0 bridgehead atoms. The van der Waals surface area contributed by atoms with Crippen LogP contribution in [0.2, 0.25) is 0 Å². The predicted molar refractivity (Wildman–Crippen MR) is 66.5 cm³/mol. The van der Waals surface area contributed by atoms with Crippen molar-refractivity contribution in [3.8, 4) is 0 Å². The standard InChI is InChI=1S/C11H9FN4O4/c1-15-5-6(4-13-15)14-9-3-8(12)7(11(17)18)2-10(9)16(19)20/h2-5,14H,1H3,(H,17,18). The fraction of sp³-hybridized carbons (Fsp3) is 0.0909. The Labute approximate surface area is 111 Å². The van der Waals surface area contributed by atoms with Crippen molar-refractivity contribution in [2.24, 2.45) is 7.05 Å². The molecule has 9 heteroatoms. The van der Waals surface area contributed by atoms with Crippen molar-refractivity contribution < 1.29 is 19.2 Å². The van der Waals surface area contributed by atoms with Crippen molar-refractivity contribution in [1.29, 1.82) is 0 Å². The van der Waals surface area contributed by atoms with Crippen LogP contribution in [-0.2, 0) is 7.05 Å². The van der Waals surface area contributed by atoms with Gasteiger partial charge in [-0.2, -0.15) is 5.10 Å². The van der Waals surface area contributed by atoms with Gasteiger partial charge >= 0.3 is 5.97 Å². The first-order valence-electron chi connectivity index (χ1n) is 5.35. The number of rotatable bonds is 4. The quantitative estimate of drug-likeness (QED) is 0.653. The summed E-state index contributed by atoms with van der Waals surface area (Å²) in [6, 6.07) is 1.45. The zero-order valence-corrected chi connectivity index (χ0v) is 10.2. The number of aryl methyl sites for hydroxylation is 1. The summed E-state index contributed by atoms with van der Waals surface area (Å²) in [7, 11) is 1.65. The highest BCUT2D eigenvalue weighted by atomic mass is 19.1. The Balaban J connectivity index is 2.48. The molecule has 2 N–H and O–H groups in total. The molecule has 2 rings (SSSR count). The van der Waals surface area contributed by atoms with E-state index in [0.29, 0.717) is 11.8 Å². The molecule has 0 radical (unpaired) electrons. The first-order chi connectivity index (χ1) is 9.38. The Morgan fingerprint density at radius 2 is 2.25 bits per heavy atom. The van der Waals surface area contributed by atoms with Gasteiger partial charge in [-0.3, -0.25) is 14.8 Å². The van der Waals surface area contributed by atoms with E-state index in [1.54, 1.807) is 7.05 Å². The minimum atomic E-state index is -1.57. The molecule has 0 spiro atoms. The van der Waals surface area contributed by atoms with E-state index in [1.165, 1.54) is 17.1 Å². The molecule has 0 saturated heterocycles. The lowest BCUT2D eigenvalue weighted by Crippen LogP contribution is -2.05. The van der Waals surface area contributed by atoms with E-state index < -0.39 is 28.0 Å². The third-order valence-corrected chi connectivity index (χ3v) is 2.50. The van der Waals surface area contributed by atoms with Crippen LogP contribution in [0.3, 0.4) is 0 Å². The van der Waals surface area contributed by atoms with Crippen LogP contribution in [0.15, 0.2) is 24.5 Å². The SMILES string of the molecule is Cn1cc(Nc2cc(F)c(C(=O)O)cc2[N+](=O)[O-])cn1. The summed E-state index contributed by atoms with van der Waals surface area (Å²) in [6.07, 6.45) is 2.93. The van der Waals surface area contributed by atoms with Gasteiger partial charge in [-0.15, -0.1) is 0 Å². The normalized spacial score (nSPS) is 10.3. The maximum atomic E-state index is 13.6. The average molecular weight is 280 g/mol. The largest absolute Gasteiger partial charge is 0.478 e. The molecule has 0 amide bonds. The number of hydrogen-bond donors (Lipinski definition) is 2. The van der Waals surface area contributed by atoms with Crippen LogP contribution in [0.25, 0.3) is 0 Å². The summed E-state index contributed by atoms with van der Waals surface area (Å²) in [5.74, 6) is -2.63. The number of nitrogens with zero attached hydrogens (tertiary/aromatic N) is 3. The van der Waals surface area contributed by atoms with Crippen molar-refractivity contribution >= 4 is 23.0 Å². The fourth-order valence-corrected chi connectivity index (χ4v) is 1.62. The van der Waals surface area contributed by atoms with Crippen molar-refractivity contribution in [2.45, 2.75) is 0 Å². The van der Waals surface area contributed by atoms with E-state index in [0.717, 1.165) is 6.07 Å². The van der Waals surface area contributed by atoms with E-state index in [1.807, 2.05) is 0 Å². The number of halogens is 1. The summed E-state index contributed by atoms with van der Waals surface area (Å²) >= 11 is 0. The minimum absolute atomic E-state index is 0.148. The summed E-state index contributed by atoms with van der Waals surface area (Å²) in [5, 5.41) is 26.2. The number of nitrogens with one attached hydrogen (secondary N) is 1. The van der Waals surface area contributed by atoms with Crippen LogP contribution in [0, 0.1) is 15.9 Å². The first-order valence-corrected chi connectivity index (χ1v) is 5.35. The number of aromatic nitrogens is 2. The summed E-state index contributed by atoms with van der Waals surface area (Å²) in [4.78, 5) is 20.9. The molecule has 1 aromatic heterocycles. The number of nitro groups is 1. The van der Waals surface area contributed by atoms with Crippen LogP contribution < -0.4 is 5.32 Å². The molecule has 20 heavy (non-hydrogen) atoms. The number of hydrogen-bond acceptors (Lipinski definition) is 5. The monoisotopic (exact) mass is 280 g/mol. The number of aromatic carboxylic acids is 1. The van der Waals surface area contributed by atoms with Crippen molar-refractivity contribution in [2.75, 3.05) is 5.32 Å². The lowest BCUT2D eigenvalue weighted by molar-refractivity contribution is -0.384. The molecule has 0 aliphatic heterocycles. The van der Waals surface area contributed by atoms with Crippen LogP contribution in [0.4, 0.5) is 21.5 Å². The van der Waals surface area contributed by atoms with Crippen molar-refractivity contribution in [1.82, 2.24) is 9.78 Å². The van der Waals surface area contributed by atoms with Gasteiger partial charge in [-0.05, 0) is 0 Å². The fourth-order valence-electron chi connectivity index (χ4n) is 1.62. The van der Waals surface area contributed by atoms with E-state index in [4.69, 9.17) is 5.11 Å². The second-order valence-electron chi connectivity index (χ2n) is 3.94. The van der Waals surface area contributed by atoms with Gasteiger partial charge in [-0.1, -0.05) is 0 Å². The van der Waals surface area contributed by atoms with Gasteiger partial charge in [0, 0.05) is 25.4 Å². The first kappa shape index (κ1) is 13.5. The Morgan fingerprint density at radius 1 is 1.55 bits per heavy atom. The zero-order valence-electron chi connectivity index (χ0n) is 10.2. The van der Waals surface area contributed by atoms with Crippen LogP contribution >= 0.6 is 0 Å². The van der Waals surface area contributed by atoms with Gasteiger partial charge in [-0.25, -0.2) is 9.18 Å². The van der Waals surface area contributed by atoms with Gasteiger partial charge in [0.15, 0.2) is 0 Å². The lowest BCUT2D eigenvalue weighted by Gasteiger charge is -2.06. The molecule has 0 fully saturated rings. The van der Waals surface area contributed by atoms with E-state index in [9.17, 15) is 19.3 Å². The number of carbonyl (C=O) groups is 1. The van der Waals surface area contributed by atoms with Gasteiger partial charge in [0.05, 0.1) is 16.8 Å². The maximum Gasteiger partial charge on any atom is 0.338 e. The van der Waals surface area contributed by atoms with Gasteiger partial charge in [0.1, 0.15) is 17.1 Å². The van der Waals surface area contributed by atoms with Gasteiger partial charge in [0.2, 0.25) is 0 Å². The van der Waals surface area contributed by atoms with Gasteiger partial charge < -0.3 is 10.4 Å². The Morgan fingerprint density at radius 3 is 2.75 bits per heavy atom. The maximum absolute atomic E-state index is 13.6. The molecule has 104 valence electrons. The Bertz CT molecular complexity index is 698. The minimum Gasteiger partial charge on any atom is -0.478 e. The highest BCUT2D eigenvalue weighted by Gasteiger charge is 2.22. The molecule has 8 nitrogen and oxygen atoms in total.